The molecule has 4 rings (SSSR count). The van der Waals surface area contributed by atoms with E-state index in [4.69, 9.17) is 4.18 Å². The number of rotatable bonds is 7. The van der Waals surface area contributed by atoms with Crippen LogP contribution in [0.5, 0.6) is 0 Å². The van der Waals surface area contributed by atoms with E-state index >= 15 is 0 Å². The van der Waals surface area contributed by atoms with Crippen LogP contribution in [0.3, 0.4) is 0 Å². The Balaban J connectivity index is 0.00000289. The van der Waals surface area contributed by atoms with Gasteiger partial charge in [-0.1, -0.05) is 65.5 Å². The van der Waals surface area contributed by atoms with Crippen molar-refractivity contribution in [1.82, 2.24) is 0 Å². The first-order valence-corrected chi connectivity index (χ1v) is 14.1. The summed E-state index contributed by atoms with van der Waals surface area (Å²) >= 11 is -2.40. The Labute approximate surface area is 222 Å². The van der Waals surface area contributed by atoms with Gasteiger partial charge in [0, 0.05) is 0 Å². The van der Waals surface area contributed by atoms with Crippen molar-refractivity contribution in [2.45, 2.75) is 111 Å². The van der Waals surface area contributed by atoms with Gasteiger partial charge < -0.3 is 4.55 Å². The first kappa shape index (κ1) is 27.4. The Kier molecular flexibility index (Phi) is 9.27. The van der Waals surface area contributed by atoms with Crippen LogP contribution in [0.1, 0.15) is 105 Å². The van der Waals surface area contributed by atoms with Crippen molar-refractivity contribution in [3.05, 3.63) is 11.6 Å². The second-order valence-corrected chi connectivity index (χ2v) is 13.1. The van der Waals surface area contributed by atoms with Crippen LogP contribution in [0.25, 0.3) is 0 Å². The van der Waals surface area contributed by atoms with Gasteiger partial charge in [-0.15, -0.1) is 0 Å². The van der Waals surface area contributed by atoms with Crippen molar-refractivity contribution in [3.8, 4) is 0 Å². The van der Waals surface area contributed by atoms with Crippen LogP contribution in [0, 0.1) is 46.3 Å². The summed E-state index contributed by atoms with van der Waals surface area (Å²) in [6.45, 7) is 12.4. The minimum atomic E-state index is -2.40. The van der Waals surface area contributed by atoms with Crippen molar-refractivity contribution in [3.63, 3.8) is 0 Å². The first-order chi connectivity index (χ1) is 14.6. The summed E-state index contributed by atoms with van der Waals surface area (Å²) in [5.74, 6) is 5.07. The summed E-state index contributed by atoms with van der Waals surface area (Å²) in [7, 11) is 0. The topological polar surface area (TPSA) is 49.4 Å². The van der Waals surface area contributed by atoms with E-state index in [1.807, 2.05) is 0 Å². The van der Waals surface area contributed by atoms with Gasteiger partial charge in [-0.25, -0.2) is 4.21 Å². The van der Waals surface area contributed by atoms with Gasteiger partial charge in [-0.05, 0) is 97.7 Å². The van der Waals surface area contributed by atoms with Gasteiger partial charge in [0.05, 0.1) is 17.5 Å². The largest absolute Gasteiger partial charge is 1.00 e. The molecule has 4 aliphatic carbocycles. The maximum atomic E-state index is 11.0. The number of hydrogen-bond acceptors (Lipinski definition) is 3. The van der Waals surface area contributed by atoms with Gasteiger partial charge in [0.2, 0.25) is 0 Å². The third-order valence-corrected chi connectivity index (χ3v) is 10.9. The van der Waals surface area contributed by atoms with Crippen LogP contribution in [0.2, 0.25) is 0 Å². The molecule has 0 aromatic carbocycles. The molecule has 0 aliphatic heterocycles. The van der Waals surface area contributed by atoms with E-state index in [0.29, 0.717) is 5.41 Å². The van der Waals surface area contributed by atoms with Crippen molar-refractivity contribution in [2.24, 2.45) is 46.3 Å². The standard InChI is InChI=1S/C27H46O3S.Na/c1-18(2)7-6-8-19(3)23-11-12-24-22-10-9-20-17-21(30-31(28)29)13-15-26(20,4)25(22)14-16-27(23,24)5;/h9,18-19,21-25H,6-8,10-17H2,1-5H3,(H,28,29);/q;+1/p-1/t19-,21?,22?,23-,24?,25?,26+,27-;/m1./s1. The molecule has 3 fully saturated rings. The zero-order valence-corrected chi connectivity index (χ0v) is 24.3. The van der Waals surface area contributed by atoms with E-state index < -0.39 is 11.4 Å². The van der Waals surface area contributed by atoms with Crippen LogP contribution < -0.4 is 29.6 Å². The molecule has 0 bridgehead atoms. The van der Waals surface area contributed by atoms with Gasteiger partial charge in [0.25, 0.3) is 0 Å². The van der Waals surface area contributed by atoms with E-state index in [1.54, 1.807) is 0 Å². The van der Waals surface area contributed by atoms with Gasteiger partial charge in [0.15, 0.2) is 0 Å². The zero-order chi connectivity index (χ0) is 22.4. The summed E-state index contributed by atoms with van der Waals surface area (Å²) in [6.07, 6.45) is 16.1. The van der Waals surface area contributed by atoms with Crippen LogP contribution in [-0.2, 0) is 15.5 Å². The second-order valence-electron chi connectivity index (χ2n) is 12.5. The smallest absolute Gasteiger partial charge is 0.750 e. The quantitative estimate of drug-likeness (QED) is 0.317. The predicted octanol–water partition coefficient (Wildman–Crippen LogP) is 4.21. The molecule has 0 radical (unpaired) electrons. The second kappa shape index (κ2) is 10.8. The molecule has 0 aromatic heterocycles. The number of allylic oxidation sites excluding steroid dienone is 1. The molecule has 0 heterocycles. The van der Waals surface area contributed by atoms with E-state index in [0.717, 1.165) is 54.8 Å². The summed E-state index contributed by atoms with van der Waals surface area (Å²) in [5.41, 5.74) is 2.28. The van der Waals surface area contributed by atoms with Crippen LogP contribution in [0.4, 0.5) is 0 Å². The number of hydrogen-bond donors (Lipinski definition) is 0. The fourth-order valence-corrected chi connectivity index (χ4v) is 9.23. The zero-order valence-electron chi connectivity index (χ0n) is 21.5. The van der Waals surface area contributed by atoms with Crippen LogP contribution >= 0.6 is 0 Å². The molecule has 0 saturated heterocycles. The molecule has 3 saturated carbocycles. The van der Waals surface area contributed by atoms with Gasteiger partial charge in [-0.3, -0.25) is 4.18 Å². The summed E-state index contributed by atoms with van der Waals surface area (Å²) in [5, 5.41) is 0. The van der Waals surface area contributed by atoms with Gasteiger partial charge >= 0.3 is 29.6 Å². The third-order valence-electron chi connectivity index (χ3n) is 10.5. The monoisotopic (exact) mass is 472 g/mol. The molecule has 0 amide bonds. The van der Waals surface area contributed by atoms with E-state index in [2.05, 4.69) is 40.7 Å². The molecule has 5 heteroatoms. The molecule has 5 unspecified atom stereocenters. The van der Waals surface area contributed by atoms with Crippen molar-refractivity contribution < 1.29 is 42.5 Å². The maximum absolute atomic E-state index is 11.0. The Morgan fingerprint density at radius 1 is 1.09 bits per heavy atom. The number of fused-ring (bicyclic) bond motifs is 5. The van der Waals surface area contributed by atoms with E-state index in [-0.39, 0.29) is 41.1 Å². The molecule has 178 valence electrons. The SMILES string of the molecule is CC(C)CCC[C@@H](C)[C@H]1CCC2C3CC=C4CC(OS(=O)[O-])CC[C@]4(C)C3CC[C@@]21C.[Na+]. The minimum absolute atomic E-state index is 0. The average Bonchev–Trinajstić information content (AvgIpc) is 3.05. The fourth-order valence-electron chi connectivity index (χ4n) is 8.85. The van der Waals surface area contributed by atoms with Gasteiger partial charge in [0.1, 0.15) is 0 Å². The van der Waals surface area contributed by atoms with Gasteiger partial charge in [-0.2, -0.15) is 0 Å². The molecule has 3 nitrogen and oxygen atoms in total. The first-order valence-electron chi connectivity index (χ1n) is 13.1. The van der Waals surface area contributed by atoms with E-state index in [1.165, 1.54) is 56.9 Å². The maximum Gasteiger partial charge on any atom is 1.00 e. The normalized spacial score (nSPS) is 42.8. The molecule has 0 aromatic rings. The van der Waals surface area contributed by atoms with Crippen LogP contribution in [0.15, 0.2) is 11.6 Å². The van der Waals surface area contributed by atoms with Crippen molar-refractivity contribution in [2.75, 3.05) is 0 Å². The fraction of sp³-hybridized carbons (Fsp3) is 0.926. The molecular weight excluding hydrogens is 427 g/mol. The Morgan fingerprint density at radius 2 is 1.84 bits per heavy atom. The molecule has 0 spiro atoms. The minimum Gasteiger partial charge on any atom is -0.750 e. The molecule has 9 atom stereocenters. The molecule has 32 heavy (non-hydrogen) atoms. The summed E-state index contributed by atoms with van der Waals surface area (Å²) in [6, 6.07) is 0. The molecule has 4 aliphatic rings. The third kappa shape index (κ3) is 5.16. The van der Waals surface area contributed by atoms with E-state index in [9.17, 15) is 8.76 Å². The Bertz CT molecular complexity index is 709. The Hall–Kier alpha value is 0.810. The average molecular weight is 473 g/mol. The van der Waals surface area contributed by atoms with Crippen molar-refractivity contribution >= 4 is 11.4 Å². The summed E-state index contributed by atoms with van der Waals surface area (Å²) < 4.78 is 27.2. The predicted molar refractivity (Wildman–Crippen MR) is 127 cm³/mol. The van der Waals surface area contributed by atoms with Crippen LogP contribution in [-0.4, -0.2) is 14.9 Å². The van der Waals surface area contributed by atoms with Crippen molar-refractivity contribution in [1.29, 1.82) is 0 Å². The summed E-state index contributed by atoms with van der Waals surface area (Å²) in [4.78, 5) is 0. The molecular formula is C27H45NaO3S. The molecule has 0 N–H and O–H groups in total. The Morgan fingerprint density at radius 3 is 2.53 bits per heavy atom.